The third kappa shape index (κ3) is 4.14. The van der Waals surface area contributed by atoms with E-state index in [1.807, 2.05) is 60.8 Å². The van der Waals surface area contributed by atoms with Crippen LogP contribution in [0.2, 0.25) is 0 Å². The number of rotatable bonds is 8. The van der Waals surface area contributed by atoms with Crippen molar-refractivity contribution in [3.8, 4) is 17.2 Å². The normalized spacial score (nSPS) is 11.6. The Morgan fingerprint density at radius 2 is 2.00 bits per heavy atom. The van der Waals surface area contributed by atoms with E-state index >= 15 is 0 Å². The Bertz CT molecular complexity index is 1190. The summed E-state index contributed by atoms with van der Waals surface area (Å²) in [5.41, 5.74) is 2.78. The number of thiophene rings is 1. The van der Waals surface area contributed by atoms with E-state index in [1.165, 1.54) is 7.11 Å². The second-order valence-electron chi connectivity index (χ2n) is 6.67. The summed E-state index contributed by atoms with van der Waals surface area (Å²) in [4.78, 5) is 15.7. The van der Waals surface area contributed by atoms with Crippen molar-refractivity contribution in [3.05, 3.63) is 76.7 Å². The molecule has 0 saturated carbocycles. The molecule has 2 heterocycles. The van der Waals surface area contributed by atoms with Crippen LogP contribution in [-0.4, -0.2) is 25.0 Å². The number of aromatic nitrogens is 1. The van der Waals surface area contributed by atoms with Crippen LogP contribution in [0.4, 0.5) is 0 Å². The van der Waals surface area contributed by atoms with Crippen molar-refractivity contribution in [2.24, 2.45) is 0 Å². The molecule has 0 spiro atoms. The van der Waals surface area contributed by atoms with Gasteiger partial charge in [-0.25, -0.2) is 4.98 Å². The van der Waals surface area contributed by atoms with Crippen molar-refractivity contribution < 1.29 is 18.7 Å². The second-order valence-corrected chi connectivity index (χ2v) is 7.59. The molecule has 0 unspecified atom stereocenters. The van der Waals surface area contributed by atoms with Gasteiger partial charge in [0, 0.05) is 22.1 Å². The Labute approximate surface area is 178 Å². The number of ether oxygens (including phenoxy) is 2. The van der Waals surface area contributed by atoms with Crippen LogP contribution in [0, 0.1) is 6.92 Å². The van der Waals surface area contributed by atoms with E-state index in [2.05, 4.69) is 4.98 Å². The van der Waals surface area contributed by atoms with Gasteiger partial charge in [-0.05, 0) is 54.3 Å². The highest BCUT2D eigenvalue weighted by molar-refractivity contribution is 7.17. The molecule has 0 aliphatic rings. The summed E-state index contributed by atoms with van der Waals surface area (Å²) in [5.74, 6) is 2.52. The van der Waals surface area contributed by atoms with Gasteiger partial charge in [0.2, 0.25) is 5.89 Å². The highest BCUT2D eigenvalue weighted by Gasteiger charge is 2.13. The summed E-state index contributed by atoms with van der Waals surface area (Å²) in [7, 11) is 1.48. The number of benzene rings is 2. The smallest absolute Gasteiger partial charge is 0.226 e. The fraction of sp³-hybridized carbons (Fsp3) is 0.167. The summed E-state index contributed by atoms with van der Waals surface area (Å²) in [6.45, 7) is 2.41. The first kappa shape index (κ1) is 19.9. The number of hydrogen-bond acceptors (Lipinski definition) is 6. The van der Waals surface area contributed by atoms with Gasteiger partial charge >= 0.3 is 0 Å². The number of aldehydes is 1. The highest BCUT2D eigenvalue weighted by Crippen LogP contribution is 2.34. The molecule has 0 fully saturated rings. The number of nitrogens with zero attached hydrogens (tertiary/aromatic N) is 1. The van der Waals surface area contributed by atoms with Gasteiger partial charge in [-0.2, -0.15) is 0 Å². The highest BCUT2D eigenvalue weighted by atomic mass is 32.1. The molecule has 6 heteroatoms. The molecule has 4 rings (SSSR count). The SMILES string of the molecule is CO/C(C=O)=C\c1ccc(OCCc2nc(-c3ccccc3)oc2C)c2ccsc12. The standard InChI is InChI=1S/C24H21NO4S/c1-16-21(25-24(29-16)17-6-4-3-5-7-17)10-12-28-22-9-8-18(14-19(15-26)27-2)23-20(22)11-13-30-23/h3-9,11,13-15H,10,12H2,1-2H3/b19-14-. The number of methoxy groups -OCH3 is 1. The summed E-state index contributed by atoms with van der Waals surface area (Å²) in [5, 5.41) is 3.02. The summed E-state index contributed by atoms with van der Waals surface area (Å²) in [6, 6.07) is 15.7. The van der Waals surface area contributed by atoms with Crippen LogP contribution < -0.4 is 4.74 Å². The molecule has 0 N–H and O–H groups in total. The molecule has 0 aliphatic heterocycles. The summed E-state index contributed by atoms with van der Waals surface area (Å²) < 4.78 is 18.0. The Morgan fingerprint density at radius 3 is 2.77 bits per heavy atom. The fourth-order valence-electron chi connectivity index (χ4n) is 3.21. The Kier molecular flexibility index (Phi) is 5.95. The van der Waals surface area contributed by atoms with Gasteiger partial charge in [-0.1, -0.05) is 18.2 Å². The molecule has 0 bridgehead atoms. The van der Waals surface area contributed by atoms with E-state index in [9.17, 15) is 4.79 Å². The summed E-state index contributed by atoms with van der Waals surface area (Å²) >= 11 is 1.60. The molecule has 4 aromatic rings. The quantitative estimate of drug-likeness (QED) is 0.209. The van der Waals surface area contributed by atoms with Crippen molar-refractivity contribution in [3.63, 3.8) is 0 Å². The molecule has 0 saturated heterocycles. The molecule has 0 amide bonds. The van der Waals surface area contributed by atoms with E-state index < -0.39 is 0 Å². The maximum Gasteiger partial charge on any atom is 0.226 e. The second kappa shape index (κ2) is 8.97. The number of allylic oxidation sites excluding steroid dienone is 1. The van der Waals surface area contributed by atoms with Crippen molar-refractivity contribution in [1.29, 1.82) is 0 Å². The lowest BCUT2D eigenvalue weighted by atomic mass is 10.1. The van der Waals surface area contributed by atoms with Crippen molar-refractivity contribution >= 4 is 33.8 Å². The van der Waals surface area contributed by atoms with Crippen molar-refractivity contribution in [1.82, 2.24) is 4.98 Å². The first-order valence-electron chi connectivity index (χ1n) is 9.55. The van der Waals surface area contributed by atoms with Crippen LogP contribution in [0.15, 0.2) is 64.1 Å². The van der Waals surface area contributed by atoms with Crippen molar-refractivity contribution in [2.75, 3.05) is 13.7 Å². The average molecular weight is 420 g/mol. The monoisotopic (exact) mass is 419 g/mol. The molecule has 5 nitrogen and oxygen atoms in total. The molecule has 0 aliphatic carbocycles. The van der Waals surface area contributed by atoms with Gasteiger partial charge < -0.3 is 13.9 Å². The molecule has 0 radical (unpaired) electrons. The molecular weight excluding hydrogens is 398 g/mol. The third-order valence-electron chi connectivity index (χ3n) is 4.77. The Morgan fingerprint density at radius 1 is 1.17 bits per heavy atom. The Hall–Kier alpha value is -3.38. The van der Waals surface area contributed by atoms with Crippen LogP contribution in [-0.2, 0) is 16.0 Å². The van der Waals surface area contributed by atoms with E-state index in [-0.39, 0.29) is 5.76 Å². The van der Waals surface area contributed by atoms with E-state index in [1.54, 1.807) is 17.4 Å². The first-order chi connectivity index (χ1) is 14.7. The molecule has 2 aromatic heterocycles. The zero-order valence-corrected chi connectivity index (χ0v) is 17.6. The maximum absolute atomic E-state index is 11.0. The maximum atomic E-state index is 11.0. The largest absolute Gasteiger partial charge is 0.493 e. The number of aryl methyl sites for hydroxylation is 1. The van der Waals surface area contributed by atoms with Crippen LogP contribution in [0.25, 0.3) is 27.6 Å². The van der Waals surface area contributed by atoms with Crippen LogP contribution >= 0.6 is 11.3 Å². The van der Waals surface area contributed by atoms with E-state index in [0.717, 1.165) is 38.4 Å². The minimum absolute atomic E-state index is 0.286. The lowest BCUT2D eigenvalue weighted by Gasteiger charge is -2.08. The van der Waals surface area contributed by atoms with Crippen LogP contribution in [0.1, 0.15) is 17.0 Å². The number of fused-ring (bicyclic) bond motifs is 1. The van der Waals surface area contributed by atoms with E-state index in [4.69, 9.17) is 13.9 Å². The lowest BCUT2D eigenvalue weighted by Crippen LogP contribution is -2.03. The minimum Gasteiger partial charge on any atom is -0.493 e. The fourth-order valence-corrected chi connectivity index (χ4v) is 4.11. The van der Waals surface area contributed by atoms with Gasteiger partial charge in [0.15, 0.2) is 12.0 Å². The lowest BCUT2D eigenvalue weighted by molar-refractivity contribution is -0.107. The van der Waals surface area contributed by atoms with Crippen molar-refractivity contribution in [2.45, 2.75) is 13.3 Å². The van der Waals surface area contributed by atoms with Gasteiger partial charge in [-0.15, -0.1) is 11.3 Å². The van der Waals surface area contributed by atoms with Crippen LogP contribution in [0.3, 0.4) is 0 Å². The molecule has 30 heavy (non-hydrogen) atoms. The number of hydrogen-bond donors (Lipinski definition) is 0. The molecule has 2 aromatic carbocycles. The topological polar surface area (TPSA) is 61.6 Å². The Balaban J connectivity index is 1.49. The van der Waals surface area contributed by atoms with E-state index in [0.29, 0.717) is 25.2 Å². The summed E-state index contributed by atoms with van der Waals surface area (Å²) in [6.07, 6.45) is 3.09. The average Bonchev–Trinajstić information content (AvgIpc) is 3.41. The van der Waals surface area contributed by atoms with Gasteiger partial charge in [-0.3, -0.25) is 4.79 Å². The predicted octanol–water partition coefficient (Wildman–Crippen LogP) is 5.67. The molecule has 152 valence electrons. The molecule has 0 atom stereocenters. The zero-order valence-electron chi connectivity index (χ0n) is 16.8. The predicted molar refractivity (Wildman–Crippen MR) is 119 cm³/mol. The number of carbonyl (C=O) groups is 1. The van der Waals surface area contributed by atoms with Gasteiger partial charge in [0.25, 0.3) is 0 Å². The minimum atomic E-state index is 0.286. The first-order valence-corrected chi connectivity index (χ1v) is 10.4. The van der Waals surface area contributed by atoms with Gasteiger partial charge in [0.1, 0.15) is 11.5 Å². The van der Waals surface area contributed by atoms with Gasteiger partial charge in [0.05, 0.1) is 19.4 Å². The third-order valence-corrected chi connectivity index (χ3v) is 5.73. The van der Waals surface area contributed by atoms with Crippen LogP contribution in [0.5, 0.6) is 5.75 Å². The number of carbonyl (C=O) groups excluding carboxylic acids is 1. The zero-order chi connectivity index (χ0) is 20.9. The molecular formula is C24H21NO4S. The number of oxazole rings is 1.